The first kappa shape index (κ1) is 48.6. The SMILES string of the molecule is CCC(C)C1OC2(C=CC1C)CC1CC(CC=C(C)C(OC3CC(OC)C(OC4CC(OC)C(O)C(C)O4)C(C)O3)C(C)C=CC=C3C(O)OC4C(O)C(C)=CC(C(=O)O1)C34O)O2. The molecule has 7 rings (SSSR count). The molecular weight excluding hydrogens is 817 g/mol. The molecule has 0 amide bonds. The Balaban J connectivity index is 1.20. The Labute approximate surface area is 372 Å². The van der Waals surface area contributed by atoms with Crippen LogP contribution >= 0.6 is 0 Å². The van der Waals surface area contributed by atoms with Gasteiger partial charge in [-0.3, -0.25) is 4.79 Å². The van der Waals surface area contributed by atoms with Gasteiger partial charge < -0.3 is 67.8 Å². The fraction of sp³-hybridized carbons (Fsp3) is 0.771. The van der Waals surface area contributed by atoms with E-state index < -0.39 is 109 Å². The van der Waals surface area contributed by atoms with Crippen LogP contribution in [-0.4, -0.2) is 144 Å². The van der Waals surface area contributed by atoms with Gasteiger partial charge in [0.05, 0.1) is 42.7 Å². The number of hydrogen-bond donors (Lipinski definition) is 4. The molecule has 0 aromatic rings. The molecule has 4 fully saturated rings. The van der Waals surface area contributed by atoms with Gasteiger partial charge in [-0.05, 0) is 57.3 Å². The van der Waals surface area contributed by atoms with Gasteiger partial charge in [0.25, 0.3) is 0 Å². The molecule has 6 heterocycles. The van der Waals surface area contributed by atoms with Crippen molar-refractivity contribution in [2.45, 2.75) is 197 Å². The number of carbonyl (C=O) groups is 1. The molecule has 2 bridgehead atoms. The Hall–Kier alpha value is -2.35. The van der Waals surface area contributed by atoms with E-state index in [1.54, 1.807) is 40.2 Å². The number of aliphatic hydroxyl groups is 4. The van der Waals surface area contributed by atoms with Gasteiger partial charge in [0.1, 0.15) is 42.0 Å². The third kappa shape index (κ3) is 9.88. The second kappa shape index (κ2) is 19.9. The van der Waals surface area contributed by atoms with Crippen molar-refractivity contribution < 1.29 is 72.6 Å². The molecule has 1 aliphatic carbocycles. The van der Waals surface area contributed by atoms with Crippen LogP contribution in [-0.2, 0) is 52.2 Å². The van der Waals surface area contributed by atoms with Crippen LogP contribution in [0.5, 0.6) is 0 Å². The van der Waals surface area contributed by atoms with Crippen LogP contribution in [0.1, 0.15) is 93.9 Å². The second-order valence-corrected chi connectivity index (χ2v) is 19.1. The number of allylic oxidation sites excluding steroid dienone is 2. The summed E-state index contributed by atoms with van der Waals surface area (Å²) in [6, 6.07) is 0. The monoisotopic (exact) mass is 888 g/mol. The number of rotatable bonds is 8. The number of hydrogen-bond acceptors (Lipinski definition) is 15. The average Bonchev–Trinajstić information content (AvgIpc) is 3.51. The van der Waals surface area contributed by atoms with Gasteiger partial charge >= 0.3 is 5.97 Å². The Morgan fingerprint density at radius 3 is 2.27 bits per heavy atom. The molecule has 4 saturated heterocycles. The first-order chi connectivity index (χ1) is 29.9. The van der Waals surface area contributed by atoms with E-state index in [0.29, 0.717) is 31.3 Å². The normalized spacial score (nSPS) is 47.6. The molecule has 0 aromatic carbocycles. The molecule has 4 N–H and O–H groups in total. The van der Waals surface area contributed by atoms with Crippen molar-refractivity contribution in [3.05, 3.63) is 59.3 Å². The Morgan fingerprint density at radius 1 is 0.857 bits per heavy atom. The first-order valence-electron chi connectivity index (χ1n) is 23.0. The highest BCUT2D eigenvalue weighted by Gasteiger charge is 2.63. The van der Waals surface area contributed by atoms with E-state index in [1.165, 1.54) is 6.08 Å². The topological polar surface area (TPSA) is 190 Å². The summed E-state index contributed by atoms with van der Waals surface area (Å²) in [7, 11) is 3.19. The highest BCUT2D eigenvalue weighted by molar-refractivity contribution is 5.78. The molecule has 1 spiro atoms. The first-order valence-corrected chi connectivity index (χ1v) is 23.0. The summed E-state index contributed by atoms with van der Waals surface area (Å²) in [6.45, 7) is 15.8. The van der Waals surface area contributed by atoms with Crippen molar-refractivity contribution in [3.8, 4) is 0 Å². The Bertz CT molecular complexity index is 1760. The number of aliphatic hydroxyl groups excluding tert-OH is 3. The fourth-order valence-corrected chi connectivity index (χ4v) is 10.6. The number of ether oxygens (including phenoxy) is 10. The summed E-state index contributed by atoms with van der Waals surface area (Å²) < 4.78 is 63.3. The largest absolute Gasteiger partial charge is 0.462 e. The van der Waals surface area contributed by atoms with Crippen molar-refractivity contribution in [3.63, 3.8) is 0 Å². The van der Waals surface area contributed by atoms with E-state index in [4.69, 9.17) is 47.4 Å². The van der Waals surface area contributed by atoms with E-state index in [-0.39, 0.29) is 35.9 Å². The molecule has 354 valence electrons. The van der Waals surface area contributed by atoms with Crippen LogP contribution < -0.4 is 0 Å². The van der Waals surface area contributed by atoms with E-state index in [0.717, 1.165) is 12.0 Å². The molecule has 7 aliphatic rings. The standard InChI is InChI=1S/C48H72O15/c1-11-24(2)42-27(5)17-18-47(63-42)23-32-20-31(62-47)16-15-26(4)41(59-38-22-36(55-10)43(30(8)57-38)60-37-21-35(54-9)40(50)29(7)56-37)25(3)13-12-14-33-45(51)61-44-39(49)28(6)19-34(46(52)58-32)48(33,44)53/h12-15,17-19,24-25,27,29-32,34-45,49-51,53H,11,16,20-23H2,1-10H3. The van der Waals surface area contributed by atoms with Crippen LogP contribution in [0.15, 0.2) is 59.3 Å². The van der Waals surface area contributed by atoms with Crippen LogP contribution in [0.3, 0.4) is 0 Å². The molecular formula is C48H72O15. The van der Waals surface area contributed by atoms with Gasteiger partial charge in [-0.2, -0.15) is 0 Å². The summed E-state index contributed by atoms with van der Waals surface area (Å²) in [5.74, 6) is -3.04. The van der Waals surface area contributed by atoms with Crippen molar-refractivity contribution in [2.75, 3.05) is 14.2 Å². The predicted octanol–water partition coefficient (Wildman–Crippen LogP) is 4.70. The summed E-state index contributed by atoms with van der Waals surface area (Å²) >= 11 is 0. The minimum Gasteiger partial charge on any atom is -0.462 e. The number of fused-ring (bicyclic) bond motifs is 2. The average molecular weight is 889 g/mol. The molecule has 6 aliphatic heterocycles. The van der Waals surface area contributed by atoms with Crippen molar-refractivity contribution in [2.24, 2.45) is 23.7 Å². The van der Waals surface area contributed by atoms with Crippen molar-refractivity contribution in [1.82, 2.24) is 0 Å². The zero-order valence-corrected chi connectivity index (χ0v) is 38.5. The third-order valence-electron chi connectivity index (χ3n) is 14.6. The quantitative estimate of drug-likeness (QED) is 0.194. The van der Waals surface area contributed by atoms with Crippen LogP contribution in [0.4, 0.5) is 0 Å². The van der Waals surface area contributed by atoms with Crippen LogP contribution in [0.2, 0.25) is 0 Å². The van der Waals surface area contributed by atoms with Gasteiger partial charge in [0.15, 0.2) is 24.7 Å². The van der Waals surface area contributed by atoms with E-state index in [2.05, 4.69) is 32.9 Å². The highest BCUT2D eigenvalue weighted by atomic mass is 16.7. The van der Waals surface area contributed by atoms with Crippen LogP contribution in [0.25, 0.3) is 0 Å². The van der Waals surface area contributed by atoms with Gasteiger partial charge in [-0.15, -0.1) is 0 Å². The molecule has 0 radical (unpaired) electrons. The lowest BCUT2D eigenvalue weighted by Gasteiger charge is -2.48. The second-order valence-electron chi connectivity index (χ2n) is 19.1. The highest BCUT2D eigenvalue weighted by Crippen LogP contribution is 2.49. The van der Waals surface area contributed by atoms with Gasteiger partial charge in [0, 0.05) is 57.3 Å². The van der Waals surface area contributed by atoms with Gasteiger partial charge in [0.2, 0.25) is 0 Å². The maximum absolute atomic E-state index is 14.4. The maximum atomic E-state index is 14.4. The van der Waals surface area contributed by atoms with Crippen molar-refractivity contribution >= 4 is 5.97 Å². The number of carbonyl (C=O) groups excluding carboxylic acids is 1. The Kier molecular flexibility index (Phi) is 15.3. The van der Waals surface area contributed by atoms with E-state index >= 15 is 0 Å². The zero-order chi connectivity index (χ0) is 45.5. The molecule has 63 heavy (non-hydrogen) atoms. The molecule has 21 atom stereocenters. The summed E-state index contributed by atoms with van der Waals surface area (Å²) in [5.41, 5.74) is -0.749. The lowest BCUT2D eigenvalue weighted by atomic mass is 9.70. The summed E-state index contributed by atoms with van der Waals surface area (Å²) in [4.78, 5) is 14.4. The summed E-state index contributed by atoms with van der Waals surface area (Å²) in [6.07, 6.45) is 5.19. The molecule has 21 unspecified atom stereocenters. The Morgan fingerprint density at radius 2 is 1.56 bits per heavy atom. The van der Waals surface area contributed by atoms with E-state index in [9.17, 15) is 25.2 Å². The minimum atomic E-state index is -2.11. The molecule has 0 saturated carbocycles. The third-order valence-corrected chi connectivity index (χ3v) is 14.6. The van der Waals surface area contributed by atoms with Crippen LogP contribution in [0, 0.1) is 23.7 Å². The van der Waals surface area contributed by atoms with Gasteiger partial charge in [-0.1, -0.05) is 70.6 Å². The smallest absolute Gasteiger partial charge is 0.316 e. The molecule has 15 nitrogen and oxygen atoms in total. The number of esters is 1. The summed E-state index contributed by atoms with van der Waals surface area (Å²) in [5, 5.41) is 45.5. The predicted molar refractivity (Wildman–Crippen MR) is 228 cm³/mol. The van der Waals surface area contributed by atoms with Crippen molar-refractivity contribution in [1.29, 1.82) is 0 Å². The lowest BCUT2D eigenvalue weighted by molar-refractivity contribution is -0.318. The van der Waals surface area contributed by atoms with E-state index in [1.807, 2.05) is 32.9 Å². The molecule has 15 heteroatoms. The minimum absolute atomic E-state index is 0.0314. The molecule has 0 aromatic heterocycles. The lowest BCUT2D eigenvalue weighted by Crippen LogP contribution is -2.58. The zero-order valence-electron chi connectivity index (χ0n) is 38.5. The fourth-order valence-electron chi connectivity index (χ4n) is 10.6. The maximum Gasteiger partial charge on any atom is 0.316 e. The van der Waals surface area contributed by atoms with Gasteiger partial charge in [-0.25, -0.2) is 0 Å². The number of methoxy groups -OCH3 is 2.